The number of hydrogen-bond acceptors (Lipinski definition) is 5. The Balaban J connectivity index is 2.15. The number of rotatable bonds is 6. The summed E-state index contributed by atoms with van der Waals surface area (Å²) in [7, 11) is 4.47. The van der Waals surface area contributed by atoms with E-state index in [1.54, 1.807) is 32.4 Å². The van der Waals surface area contributed by atoms with Gasteiger partial charge in [-0.15, -0.1) is 0 Å². The van der Waals surface area contributed by atoms with E-state index in [9.17, 15) is 4.79 Å². The van der Waals surface area contributed by atoms with Crippen molar-refractivity contribution in [3.63, 3.8) is 0 Å². The van der Waals surface area contributed by atoms with Crippen LogP contribution in [-0.2, 0) is 9.53 Å². The lowest BCUT2D eigenvalue weighted by Crippen LogP contribution is -2.37. The van der Waals surface area contributed by atoms with Crippen molar-refractivity contribution >= 4 is 29.0 Å². The maximum atomic E-state index is 12.1. The first kappa shape index (κ1) is 18.5. The number of ether oxygens (including phenoxy) is 3. The second-order valence-corrected chi connectivity index (χ2v) is 5.44. The third-order valence-corrected chi connectivity index (χ3v) is 3.72. The summed E-state index contributed by atoms with van der Waals surface area (Å²) in [5, 5.41) is 6.26. The van der Waals surface area contributed by atoms with Crippen molar-refractivity contribution in [2.24, 2.45) is 0 Å². The molecule has 7 heteroatoms. The summed E-state index contributed by atoms with van der Waals surface area (Å²) in [6.45, 7) is 0. The summed E-state index contributed by atoms with van der Waals surface area (Å²) in [5.74, 6) is 0.799. The van der Waals surface area contributed by atoms with E-state index < -0.39 is 12.0 Å². The SMILES string of the molecule is COC(=O)C(NC(=S)Nc1ccc(OC)cc1OC)c1ccccc1. The smallest absolute Gasteiger partial charge is 0.333 e. The largest absolute Gasteiger partial charge is 0.497 e. The average molecular weight is 360 g/mol. The predicted octanol–water partition coefficient (Wildman–Crippen LogP) is 2.90. The number of esters is 1. The van der Waals surface area contributed by atoms with Crippen LogP contribution in [0.2, 0.25) is 0 Å². The van der Waals surface area contributed by atoms with Gasteiger partial charge in [0, 0.05) is 6.07 Å². The van der Waals surface area contributed by atoms with Crippen molar-refractivity contribution in [3.05, 3.63) is 54.1 Å². The van der Waals surface area contributed by atoms with E-state index in [4.69, 9.17) is 26.4 Å². The van der Waals surface area contributed by atoms with Crippen molar-refractivity contribution in [1.82, 2.24) is 5.32 Å². The number of carbonyl (C=O) groups is 1. The summed E-state index contributed by atoms with van der Waals surface area (Å²) in [5.41, 5.74) is 1.40. The van der Waals surface area contributed by atoms with Gasteiger partial charge in [0.05, 0.1) is 27.0 Å². The molecule has 0 aliphatic heterocycles. The molecule has 0 aliphatic rings. The highest BCUT2D eigenvalue weighted by Crippen LogP contribution is 2.29. The maximum absolute atomic E-state index is 12.1. The van der Waals surface area contributed by atoms with Crippen LogP contribution in [0.1, 0.15) is 11.6 Å². The lowest BCUT2D eigenvalue weighted by molar-refractivity contribution is -0.142. The molecule has 2 N–H and O–H groups in total. The Bertz CT molecular complexity index is 737. The Kier molecular flexibility index (Phi) is 6.59. The number of hydrogen-bond donors (Lipinski definition) is 2. The number of anilines is 1. The summed E-state index contributed by atoms with van der Waals surface area (Å²) < 4.78 is 15.4. The Morgan fingerprint density at radius 3 is 2.36 bits per heavy atom. The molecular formula is C18H20N2O4S. The molecule has 0 bridgehead atoms. The molecular weight excluding hydrogens is 340 g/mol. The Labute approximate surface area is 152 Å². The van der Waals surface area contributed by atoms with E-state index in [2.05, 4.69) is 10.6 Å². The summed E-state index contributed by atoms with van der Waals surface area (Å²) in [4.78, 5) is 12.1. The van der Waals surface area contributed by atoms with E-state index in [0.29, 0.717) is 17.2 Å². The highest BCUT2D eigenvalue weighted by Gasteiger charge is 2.22. The van der Waals surface area contributed by atoms with Crippen LogP contribution in [0.3, 0.4) is 0 Å². The van der Waals surface area contributed by atoms with Crippen molar-refractivity contribution in [2.45, 2.75) is 6.04 Å². The van der Waals surface area contributed by atoms with Crippen molar-refractivity contribution in [1.29, 1.82) is 0 Å². The molecule has 0 saturated carbocycles. The van der Waals surface area contributed by atoms with E-state index in [0.717, 1.165) is 5.56 Å². The molecule has 0 fully saturated rings. The van der Waals surface area contributed by atoms with Gasteiger partial charge in [0.1, 0.15) is 11.5 Å². The highest BCUT2D eigenvalue weighted by molar-refractivity contribution is 7.80. The molecule has 6 nitrogen and oxygen atoms in total. The number of thiocarbonyl (C=S) groups is 1. The van der Waals surface area contributed by atoms with E-state index in [-0.39, 0.29) is 5.11 Å². The Morgan fingerprint density at radius 1 is 1.04 bits per heavy atom. The topological polar surface area (TPSA) is 68.8 Å². The van der Waals surface area contributed by atoms with Gasteiger partial charge in [-0.1, -0.05) is 30.3 Å². The molecule has 0 amide bonds. The fourth-order valence-electron chi connectivity index (χ4n) is 2.23. The first-order valence-electron chi connectivity index (χ1n) is 7.51. The van der Waals surface area contributed by atoms with Crippen LogP contribution < -0.4 is 20.1 Å². The fraction of sp³-hybridized carbons (Fsp3) is 0.222. The average Bonchev–Trinajstić information content (AvgIpc) is 2.66. The minimum atomic E-state index is -0.713. The van der Waals surface area contributed by atoms with Crippen LogP contribution in [-0.4, -0.2) is 32.4 Å². The second kappa shape index (κ2) is 8.89. The van der Waals surface area contributed by atoms with Crippen molar-refractivity contribution in [3.8, 4) is 11.5 Å². The minimum absolute atomic E-state index is 0.266. The van der Waals surface area contributed by atoms with Gasteiger partial charge in [-0.05, 0) is 29.9 Å². The Hall–Kier alpha value is -2.80. The second-order valence-electron chi connectivity index (χ2n) is 5.03. The number of carbonyl (C=O) groups excluding carboxylic acids is 1. The molecule has 25 heavy (non-hydrogen) atoms. The molecule has 0 heterocycles. The molecule has 1 atom stereocenters. The van der Waals surface area contributed by atoms with Crippen LogP contribution in [0.25, 0.3) is 0 Å². The van der Waals surface area contributed by atoms with Gasteiger partial charge in [-0.2, -0.15) is 0 Å². The van der Waals surface area contributed by atoms with E-state index in [1.807, 2.05) is 30.3 Å². The van der Waals surface area contributed by atoms with Gasteiger partial charge < -0.3 is 24.8 Å². The van der Waals surface area contributed by atoms with E-state index in [1.165, 1.54) is 7.11 Å². The molecule has 0 spiro atoms. The molecule has 0 aliphatic carbocycles. The lowest BCUT2D eigenvalue weighted by Gasteiger charge is -2.20. The van der Waals surface area contributed by atoms with Crippen LogP contribution in [0.5, 0.6) is 11.5 Å². The standard InChI is InChI=1S/C18H20N2O4S/c1-22-13-9-10-14(15(11-13)23-2)19-18(25)20-16(17(21)24-3)12-7-5-4-6-8-12/h4-11,16H,1-3H3,(H2,19,20,25). The zero-order valence-corrected chi connectivity index (χ0v) is 15.1. The van der Waals surface area contributed by atoms with Crippen LogP contribution in [0.15, 0.2) is 48.5 Å². The van der Waals surface area contributed by atoms with Crippen LogP contribution in [0, 0.1) is 0 Å². The third kappa shape index (κ3) is 4.84. The van der Waals surface area contributed by atoms with Crippen LogP contribution in [0.4, 0.5) is 5.69 Å². The number of methoxy groups -OCH3 is 3. The quantitative estimate of drug-likeness (QED) is 0.606. The van der Waals surface area contributed by atoms with Crippen LogP contribution >= 0.6 is 12.2 Å². The maximum Gasteiger partial charge on any atom is 0.333 e. The monoisotopic (exact) mass is 360 g/mol. The Morgan fingerprint density at radius 2 is 1.76 bits per heavy atom. The third-order valence-electron chi connectivity index (χ3n) is 3.50. The summed E-state index contributed by atoms with van der Waals surface area (Å²) >= 11 is 5.33. The van der Waals surface area contributed by atoms with Gasteiger partial charge in [0.25, 0.3) is 0 Å². The highest BCUT2D eigenvalue weighted by atomic mass is 32.1. The predicted molar refractivity (Wildman–Crippen MR) is 100 cm³/mol. The van der Waals surface area contributed by atoms with Crippen molar-refractivity contribution < 1.29 is 19.0 Å². The van der Waals surface area contributed by atoms with Gasteiger partial charge >= 0.3 is 5.97 Å². The first-order valence-corrected chi connectivity index (χ1v) is 7.92. The molecule has 0 saturated heterocycles. The normalized spacial score (nSPS) is 11.2. The summed E-state index contributed by atoms with van der Waals surface area (Å²) in [6.07, 6.45) is 0. The molecule has 1 unspecified atom stereocenters. The zero-order valence-electron chi connectivity index (χ0n) is 14.2. The summed E-state index contributed by atoms with van der Waals surface area (Å²) in [6, 6.07) is 13.8. The molecule has 0 radical (unpaired) electrons. The fourth-order valence-corrected chi connectivity index (χ4v) is 2.46. The molecule has 132 valence electrons. The number of nitrogens with one attached hydrogen (secondary N) is 2. The number of benzene rings is 2. The van der Waals surface area contributed by atoms with Gasteiger partial charge in [0.2, 0.25) is 0 Å². The van der Waals surface area contributed by atoms with E-state index >= 15 is 0 Å². The van der Waals surface area contributed by atoms with Gasteiger partial charge in [-0.3, -0.25) is 0 Å². The molecule has 2 rings (SSSR count). The minimum Gasteiger partial charge on any atom is -0.497 e. The van der Waals surface area contributed by atoms with Gasteiger partial charge in [0.15, 0.2) is 11.2 Å². The zero-order chi connectivity index (χ0) is 18.2. The molecule has 2 aromatic carbocycles. The molecule has 2 aromatic rings. The lowest BCUT2D eigenvalue weighted by atomic mass is 10.1. The molecule has 0 aromatic heterocycles. The van der Waals surface area contributed by atoms with Crippen molar-refractivity contribution in [2.75, 3.05) is 26.6 Å². The van der Waals surface area contributed by atoms with Gasteiger partial charge in [-0.25, -0.2) is 4.79 Å². The first-order chi connectivity index (χ1) is 12.1.